The summed E-state index contributed by atoms with van der Waals surface area (Å²) in [5.74, 6) is 0.576. The van der Waals surface area contributed by atoms with E-state index in [1.165, 1.54) is 50.2 Å². The number of rotatable bonds is 8. The molecule has 1 saturated carbocycles. The van der Waals surface area contributed by atoms with Crippen LogP contribution in [0.3, 0.4) is 0 Å². The third kappa shape index (κ3) is 5.77. The Balaban J connectivity index is 1.51. The molecule has 166 valence electrons. The summed E-state index contributed by atoms with van der Waals surface area (Å²) in [4.78, 5) is 11.7. The van der Waals surface area contributed by atoms with Gasteiger partial charge in [-0.2, -0.15) is 0 Å². The van der Waals surface area contributed by atoms with Crippen LogP contribution < -0.4 is 10.1 Å². The molecule has 0 unspecified atom stereocenters. The summed E-state index contributed by atoms with van der Waals surface area (Å²) in [7, 11) is 1.40. The van der Waals surface area contributed by atoms with Crippen LogP contribution in [-0.2, 0) is 4.74 Å². The third-order valence-electron chi connectivity index (χ3n) is 6.09. The van der Waals surface area contributed by atoms with Crippen molar-refractivity contribution in [2.24, 2.45) is 0 Å². The average molecular weight is 430 g/mol. The molecule has 0 bridgehead atoms. The van der Waals surface area contributed by atoms with Crippen molar-refractivity contribution < 1.29 is 14.3 Å². The van der Waals surface area contributed by atoms with E-state index in [9.17, 15) is 4.79 Å². The highest BCUT2D eigenvalue weighted by Crippen LogP contribution is 2.26. The Morgan fingerprint density at radius 2 is 1.72 bits per heavy atom. The van der Waals surface area contributed by atoms with Gasteiger partial charge >= 0.3 is 5.97 Å². The second-order valence-corrected chi connectivity index (χ2v) is 8.40. The normalized spacial score (nSPS) is 15.0. The van der Waals surface area contributed by atoms with E-state index in [0.717, 1.165) is 23.2 Å². The van der Waals surface area contributed by atoms with Crippen LogP contribution in [0.15, 0.2) is 72.3 Å². The van der Waals surface area contributed by atoms with Gasteiger partial charge in [0.25, 0.3) is 0 Å². The molecule has 32 heavy (non-hydrogen) atoms. The molecule has 4 heteroatoms. The zero-order chi connectivity index (χ0) is 22.2. The van der Waals surface area contributed by atoms with Crippen molar-refractivity contribution >= 4 is 22.8 Å². The van der Waals surface area contributed by atoms with Gasteiger partial charge in [0.2, 0.25) is 0 Å². The fourth-order valence-electron chi connectivity index (χ4n) is 4.29. The summed E-state index contributed by atoms with van der Waals surface area (Å²) in [6, 6.07) is 22.5. The van der Waals surface area contributed by atoms with Gasteiger partial charge in [0.15, 0.2) is 0 Å². The SMILES string of the molecule is COC(=O)c1ccc(C=C(CNC2CCCCC2)COc2cccc3ccccc23)cc1. The van der Waals surface area contributed by atoms with Gasteiger partial charge in [0.05, 0.1) is 12.7 Å². The van der Waals surface area contributed by atoms with Crippen molar-refractivity contribution in [1.82, 2.24) is 5.32 Å². The Bertz CT molecular complexity index is 1060. The van der Waals surface area contributed by atoms with Crippen LogP contribution in [0.5, 0.6) is 5.75 Å². The Hall–Kier alpha value is -3.11. The largest absolute Gasteiger partial charge is 0.489 e. The minimum atomic E-state index is -0.320. The molecule has 0 spiro atoms. The molecule has 0 aliphatic heterocycles. The van der Waals surface area contributed by atoms with Gasteiger partial charge in [-0.25, -0.2) is 4.79 Å². The first-order chi connectivity index (χ1) is 15.7. The number of methoxy groups -OCH3 is 1. The Morgan fingerprint density at radius 1 is 0.969 bits per heavy atom. The lowest BCUT2D eigenvalue weighted by molar-refractivity contribution is 0.0600. The monoisotopic (exact) mass is 429 g/mol. The maximum absolute atomic E-state index is 11.7. The molecule has 1 N–H and O–H groups in total. The highest BCUT2D eigenvalue weighted by Gasteiger charge is 2.13. The van der Waals surface area contributed by atoms with Gasteiger partial charge in [0.1, 0.15) is 12.4 Å². The summed E-state index contributed by atoms with van der Waals surface area (Å²) in [6.07, 6.45) is 8.59. The molecule has 1 fully saturated rings. The van der Waals surface area contributed by atoms with E-state index in [1.807, 2.05) is 36.4 Å². The van der Waals surface area contributed by atoms with Gasteiger partial charge in [-0.15, -0.1) is 0 Å². The van der Waals surface area contributed by atoms with Crippen LogP contribution in [0.2, 0.25) is 0 Å². The van der Waals surface area contributed by atoms with Gasteiger partial charge in [-0.1, -0.05) is 73.9 Å². The van der Waals surface area contributed by atoms with Crippen LogP contribution in [-0.4, -0.2) is 32.3 Å². The van der Waals surface area contributed by atoms with Crippen molar-refractivity contribution in [2.75, 3.05) is 20.3 Å². The number of hydrogen-bond donors (Lipinski definition) is 1. The standard InChI is InChI=1S/C28H31NO3/c1-31-28(30)24-16-14-21(15-17-24)18-22(19-29-25-10-3-2-4-11-25)20-32-27-13-7-9-23-8-5-6-12-26(23)27/h5-9,12-18,25,29H,2-4,10-11,19-20H2,1H3. The summed E-state index contributed by atoms with van der Waals surface area (Å²) >= 11 is 0. The van der Waals surface area contributed by atoms with E-state index < -0.39 is 0 Å². The lowest BCUT2D eigenvalue weighted by Crippen LogP contribution is -2.33. The van der Waals surface area contributed by atoms with E-state index in [2.05, 4.69) is 29.6 Å². The molecule has 0 radical (unpaired) electrons. The Labute approximate surface area is 190 Å². The number of fused-ring (bicyclic) bond motifs is 1. The van der Waals surface area contributed by atoms with Gasteiger partial charge in [-0.3, -0.25) is 0 Å². The number of benzene rings is 3. The topological polar surface area (TPSA) is 47.6 Å². The van der Waals surface area contributed by atoms with E-state index in [-0.39, 0.29) is 5.97 Å². The van der Waals surface area contributed by atoms with Crippen molar-refractivity contribution in [1.29, 1.82) is 0 Å². The van der Waals surface area contributed by atoms with Crippen molar-refractivity contribution in [3.05, 3.63) is 83.4 Å². The average Bonchev–Trinajstić information content (AvgIpc) is 2.86. The Morgan fingerprint density at radius 3 is 2.50 bits per heavy atom. The zero-order valence-corrected chi connectivity index (χ0v) is 18.7. The molecule has 0 atom stereocenters. The number of esters is 1. The fraction of sp³-hybridized carbons (Fsp3) is 0.321. The summed E-state index contributed by atoms with van der Waals surface area (Å²) < 4.78 is 11.1. The van der Waals surface area contributed by atoms with E-state index >= 15 is 0 Å². The van der Waals surface area contributed by atoms with Crippen molar-refractivity contribution in [2.45, 2.75) is 38.1 Å². The van der Waals surface area contributed by atoms with E-state index in [1.54, 1.807) is 12.1 Å². The number of hydrogen-bond acceptors (Lipinski definition) is 4. The molecule has 0 amide bonds. The highest BCUT2D eigenvalue weighted by molar-refractivity contribution is 5.89. The van der Waals surface area contributed by atoms with Crippen molar-refractivity contribution in [3.8, 4) is 5.75 Å². The molecule has 1 aliphatic carbocycles. The van der Waals surface area contributed by atoms with Gasteiger partial charge < -0.3 is 14.8 Å². The first-order valence-electron chi connectivity index (χ1n) is 11.4. The van der Waals surface area contributed by atoms with Crippen LogP contribution in [0, 0.1) is 0 Å². The third-order valence-corrected chi connectivity index (χ3v) is 6.09. The number of ether oxygens (including phenoxy) is 2. The Kier molecular flexibility index (Phi) is 7.57. The van der Waals surface area contributed by atoms with Crippen LogP contribution >= 0.6 is 0 Å². The minimum Gasteiger partial charge on any atom is -0.489 e. The van der Waals surface area contributed by atoms with Gasteiger partial charge in [-0.05, 0) is 47.6 Å². The second kappa shape index (κ2) is 11.0. The maximum atomic E-state index is 11.7. The zero-order valence-electron chi connectivity index (χ0n) is 18.7. The predicted molar refractivity (Wildman–Crippen MR) is 130 cm³/mol. The number of carbonyl (C=O) groups is 1. The predicted octanol–water partition coefficient (Wildman–Crippen LogP) is 6.01. The minimum absolute atomic E-state index is 0.320. The molecule has 4 rings (SSSR count). The number of carbonyl (C=O) groups excluding carboxylic acids is 1. The smallest absolute Gasteiger partial charge is 0.337 e. The first kappa shape index (κ1) is 22.1. The summed E-state index contributed by atoms with van der Waals surface area (Å²) in [6.45, 7) is 1.29. The lowest BCUT2D eigenvalue weighted by Gasteiger charge is -2.23. The molecular weight excluding hydrogens is 398 g/mol. The van der Waals surface area contributed by atoms with Crippen LogP contribution in [0.4, 0.5) is 0 Å². The molecule has 3 aromatic carbocycles. The number of nitrogens with one attached hydrogen (secondary N) is 1. The quantitative estimate of drug-likeness (QED) is 0.446. The summed E-state index contributed by atoms with van der Waals surface area (Å²) in [5, 5.41) is 6.03. The molecule has 4 nitrogen and oxygen atoms in total. The highest BCUT2D eigenvalue weighted by atomic mass is 16.5. The first-order valence-corrected chi connectivity index (χ1v) is 11.4. The van der Waals surface area contributed by atoms with Crippen LogP contribution in [0.25, 0.3) is 16.8 Å². The fourth-order valence-corrected chi connectivity index (χ4v) is 4.29. The van der Waals surface area contributed by atoms with E-state index in [4.69, 9.17) is 9.47 Å². The maximum Gasteiger partial charge on any atom is 0.337 e. The second-order valence-electron chi connectivity index (χ2n) is 8.40. The lowest BCUT2D eigenvalue weighted by atomic mass is 9.95. The van der Waals surface area contributed by atoms with Crippen LogP contribution in [0.1, 0.15) is 48.0 Å². The molecule has 0 aromatic heterocycles. The molecule has 0 heterocycles. The molecule has 1 aliphatic rings. The van der Waals surface area contributed by atoms with Gasteiger partial charge in [0, 0.05) is 18.0 Å². The van der Waals surface area contributed by atoms with Crippen molar-refractivity contribution in [3.63, 3.8) is 0 Å². The molecular formula is C28H31NO3. The summed E-state index contributed by atoms with van der Waals surface area (Å²) in [5.41, 5.74) is 2.77. The molecule has 0 saturated heterocycles. The molecule has 3 aromatic rings. The van der Waals surface area contributed by atoms with E-state index in [0.29, 0.717) is 18.2 Å².